The van der Waals surface area contributed by atoms with Crippen molar-refractivity contribution in [1.29, 1.82) is 0 Å². The lowest BCUT2D eigenvalue weighted by Crippen LogP contribution is -2.53. The van der Waals surface area contributed by atoms with Crippen LogP contribution in [0, 0.1) is 12.8 Å². The molecule has 3 rings (SSSR count). The van der Waals surface area contributed by atoms with Gasteiger partial charge in [-0.25, -0.2) is 0 Å². The third-order valence-corrected chi connectivity index (χ3v) is 6.00. The van der Waals surface area contributed by atoms with E-state index in [0.29, 0.717) is 49.4 Å². The molecule has 1 heterocycles. The smallest absolute Gasteiger partial charge is 0.254 e. The zero-order valence-electron chi connectivity index (χ0n) is 19.2. The molecule has 1 atom stereocenters. The first kappa shape index (κ1) is 24.0. The van der Waals surface area contributed by atoms with E-state index in [0.717, 1.165) is 5.56 Å². The molecular weight excluding hydrogens is 418 g/mol. The molecule has 0 unspecified atom stereocenters. The van der Waals surface area contributed by atoms with Crippen LogP contribution < -0.4 is 15.4 Å². The molecule has 1 fully saturated rings. The van der Waals surface area contributed by atoms with Crippen LogP contribution in [0.5, 0.6) is 5.75 Å². The number of amides is 3. The Kier molecular flexibility index (Phi) is 8.24. The molecule has 0 saturated carbocycles. The first-order chi connectivity index (χ1) is 15.9. The van der Waals surface area contributed by atoms with Gasteiger partial charge in [0, 0.05) is 30.8 Å². The van der Waals surface area contributed by atoms with Crippen molar-refractivity contribution in [2.24, 2.45) is 5.92 Å². The molecule has 1 saturated heterocycles. The second-order valence-corrected chi connectivity index (χ2v) is 8.16. The number of aryl methyl sites for hydroxylation is 1. The van der Waals surface area contributed by atoms with E-state index >= 15 is 0 Å². The van der Waals surface area contributed by atoms with E-state index in [2.05, 4.69) is 17.2 Å². The van der Waals surface area contributed by atoms with E-state index < -0.39 is 6.04 Å². The zero-order valence-corrected chi connectivity index (χ0v) is 19.2. The van der Waals surface area contributed by atoms with Gasteiger partial charge in [0.1, 0.15) is 11.8 Å². The molecule has 0 aromatic heterocycles. The number of carbonyl (C=O) groups is 3. The van der Waals surface area contributed by atoms with Crippen LogP contribution in [0.2, 0.25) is 0 Å². The molecule has 0 bridgehead atoms. The number of benzene rings is 2. The fraction of sp³-hybridized carbons (Fsp3) is 0.346. The van der Waals surface area contributed by atoms with Gasteiger partial charge in [-0.2, -0.15) is 0 Å². The first-order valence-corrected chi connectivity index (χ1v) is 11.1. The second-order valence-electron chi connectivity index (χ2n) is 8.16. The second kappa shape index (κ2) is 11.3. The van der Waals surface area contributed by atoms with Crippen molar-refractivity contribution in [3.05, 3.63) is 77.9 Å². The number of likely N-dealkylation sites (tertiary alicyclic amines) is 1. The average Bonchev–Trinajstić information content (AvgIpc) is 2.85. The predicted molar refractivity (Wildman–Crippen MR) is 127 cm³/mol. The van der Waals surface area contributed by atoms with E-state index in [4.69, 9.17) is 4.74 Å². The van der Waals surface area contributed by atoms with Crippen LogP contribution >= 0.6 is 0 Å². The van der Waals surface area contributed by atoms with E-state index in [-0.39, 0.29) is 23.6 Å². The minimum atomic E-state index is -0.709. The van der Waals surface area contributed by atoms with E-state index in [1.807, 2.05) is 36.1 Å². The van der Waals surface area contributed by atoms with Crippen LogP contribution in [0.1, 0.15) is 39.1 Å². The Morgan fingerprint density at radius 2 is 1.88 bits per heavy atom. The number of hydrogen-bond donors (Lipinski definition) is 2. The number of methoxy groups -OCH3 is 1. The Morgan fingerprint density at radius 3 is 2.55 bits per heavy atom. The number of piperidine rings is 1. The third kappa shape index (κ3) is 6.00. The fourth-order valence-electron chi connectivity index (χ4n) is 4.09. The van der Waals surface area contributed by atoms with Crippen molar-refractivity contribution < 1.29 is 19.1 Å². The molecular formula is C26H31N3O4. The van der Waals surface area contributed by atoms with Crippen molar-refractivity contribution in [2.45, 2.75) is 25.8 Å². The molecule has 1 aliphatic heterocycles. The Hall–Kier alpha value is -3.61. The minimum absolute atomic E-state index is 0.000347. The van der Waals surface area contributed by atoms with Gasteiger partial charge >= 0.3 is 0 Å². The summed E-state index contributed by atoms with van der Waals surface area (Å²) < 4.78 is 5.20. The summed E-state index contributed by atoms with van der Waals surface area (Å²) in [6.07, 6.45) is 2.83. The normalized spacial score (nSPS) is 14.8. The molecule has 7 nitrogen and oxygen atoms in total. The number of rotatable bonds is 8. The lowest BCUT2D eigenvalue weighted by molar-refractivity contribution is -0.124. The van der Waals surface area contributed by atoms with Crippen molar-refractivity contribution in [3.63, 3.8) is 0 Å². The van der Waals surface area contributed by atoms with Gasteiger partial charge in [0.15, 0.2) is 0 Å². The molecule has 2 aromatic rings. The highest BCUT2D eigenvalue weighted by Gasteiger charge is 2.34. The van der Waals surface area contributed by atoms with Crippen molar-refractivity contribution in [1.82, 2.24) is 15.5 Å². The van der Waals surface area contributed by atoms with Crippen LogP contribution in [-0.2, 0) is 4.79 Å². The van der Waals surface area contributed by atoms with Gasteiger partial charge in [0.2, 0.25) is 5.91 Å². The highest BCUT2D eigenvalue weighted by molar-refractivity contribution is 5.98. The van der Waals surface area contributed by atoms with E-state index in [1.54, 1.807) is 30.3 Å². The van der Waals surface area contributed by atoms with E-state index in [9.17, 15) is 14.4 Å². The molecule has 33 heavy (non-hydrogen) atoms. The molecule has 0 spiro atoms. The highest BCUT2D eigenvalue weighted by atomic mass is 16.5. The van der Waals surface area contributed by atoms with Gasteiger partial charge in [0.25, 0.3) is 11.8 Å². The molecule has 174 valence electrons. The maximum absolute atomic E-state index is 12.9. The monoisotopic (exact) mass is 449 g/mol. The maximum atomic E-state index is 12.9. The summed E-state index contributed by atoms with van der Waals surface area (Å²) in [5.74, 6) is -0.121. The van der Waals surface area contributed by atoms with Crippen molar-refractivity contribution in [3.8, 4) is 5.75 Å². The Morgan fingerprint density at radius 1 is 1.15 bits per heavy atom. The summed E-state index contributed by atoms with van der Waals surface area (Å²) in [5.41, 5.74) is 2.06. The maximum Gasteiger partial charge on any atom is 0.254 e. The van der Waals surface area contributed by atoms with Crippen LogP contribution in [-0.4, -0.2) is 55.4 Å². The standard InChI is InChI=1S/C26H31N3O4/c1-4-14-27-25(31)23(28-24(30)20-9-7-10-21(17-20)33-3)19-12-15-29(16-13-19)26(32)22-11-6-5-8-18(22)2/h4-11,17,19,23H,1,12-16H2,2-3H3,(H,27,31)(H,28,30)/t23-/m0/s1. The van der Waals surface area contributed by atoms with Gasteiger partial charge in [-0.1, -0.05) is 30.3 Å². The summed E-state index contributed by atoms with van der Waals surface area (Å²) in [6.45, 7) is 6.93. The SMILES string of the molecule is C=CCNC(=O)[C@@H](NC(=O)c1cccc(OC)c1)C1CCN(C(=O)c2ccccc2C)CC1. The summed E-state index contributed by atoms with van der Waals surface area (Å²) in [7, 11) is 1.54. The first-order valence-electron chi connectivity index (χ1n) is 11.1. The summed E-state index contributed by atoms with van der Waals surface area (Å²) >= 11 is 0. The molecule has 3 amide bonds. The minimum Gasteiger partial charge on any atom is -0.497 e. The number of nitrogens with one attached hydrogen (secondary N) is 2. The molecule has 0 radical (unpaired) electrons. The van der Waals surface area contributed by atoms with Crippen molar-refractivity contribution >= 4 is 17.7 Å². The fourth-order valence-corrected chi connectivity index (χ4v) is 4.09. The summed E-state index contributed by atoms with van der Waals surface area (Å²) in [5, 5.41) is 5.70. The molecule has 1 aliphatic rings. The number of carbonyl (C=O) groups excluding carboxylic acids is 3. The third-order valence-electron chi connectivity index (χ3n) is 6.00. The Balaban J connectivity index is 1.70. The molecule has 2 N–H and O–H groups in total. The molecule has 2 aromatic carbocycles. The van der Waals surface area contributed by atoms with Gasteiger partial charge in [-0.15, -0.1) is 6.58 Å². The number of nitrogens with zero attached hydrogens (tertiary/aromatic N) is 1. The molecule has 0 aliphatic carbocycles. The summed E-state index contributed by atoms with van der Waals surface area (Å²) in [4.78, 5) is 40.6. The van der Waals surface area contributed by atoms with Gasteiger partial charge in [-0.05, 0) is 55.5 Å². The summed E-state index contributed by atoms with van der Waals surface area (Å²) in [6, 6.07) is 13.6. The van der Waals surface area contributed by atoms with Crippen LogP contribution in [0.4, 0.5) is 0 Å². The highest BCUT2D eigenvalue weighted by Crippen LogP contribution is 2.24. The largest absolute Gasteiger partial charge is 0.497 e. The average molecular weight is 450 g/mol. The number of ether oxygens (including phenoxy) is 1. The lowest BCUT2D eigenvalue weighted by Gasteiger charge is -2.36. The molecule has 7 heteroatoms. The Labute approximate surface area is 194 Å². The van der Waals surface area contributed by atoms with Crippen LogP contribution in [0.3, 0.4) is 0 Å². The van der Waals surface area contributed by atoms with Gasteiger partial charge in [0.05, 0.1) is 7.11 Å². The predicted octanol–water partition coefficient (Wildman–Crippen LogP) is 2.96. The number of hydrogen-bond acceptors (Lipinski definition) is 4. The van der Waals surface area contributed by atoms with Gasteiger partial charge < -0.3 is 20.3 Å². The zero-order chi connectivity index (χ0) is 23.8. The van der Waals surface area contributed by atoms with Gasteiger partial charge in [-0.3, -0.25) is 14.4 Å². The van der Waals surface area contributed by atoms with E-state index in [1.165, 1.54) is 7.11 Å². The quantitative estimate of drug-likeness (QED) is 0.607. The topological polar surface area (TPSA) is 87.7 Å². The van der Waals surface area contributed by atoms with Crippen LogP contribution in [0.25, 0.3) is 0 Å². The lowest BCUT2D eigenvalue weighted by atomic mass is 9.88. The Bertz CT molecular complexity index is 1010. The van der Waals surface area contributed by atoms with Crippen molar-refractivity contribution in [2.75, 3.05) is 26.7 Å². The van der Waals surface area contributed by atoms with Crippen LogP contribution in [0.15, 0.2) is 61.2 Å².